The highest BCUT2D eigenvalue weighted by Gasteiger charge is 2.23. The predicted molar refractivity (Wildman–Crippen MR) is 53.2 cm³/mol. The van der Waals surface area contributed by atoms with Crippen molar-refractivity contribution in [3.63, 3.8) is 0 Å². The third kappa shape index (κ3) is 3.55. The molecule has 0 aliphatic heterocycles. The molecule has 0 unspecified atom stereocenters. The van der Waals surface area contributed by atoms with Crippen molar-refractivity contribution in [1.82, 2.24) is 0 Å². The third-order valence-corrected chi connectivity index (χ3v) is 2.99. The van der Waals surface area contributed by atoms with Crippen molar-refractivity contribution in [1.29, 1.82) is 0 Å². The average Bonchev–Trinajstić information content (AvgIpc) is 2.14. The Bertz CT molecular complexity index is 91.7. The second-order valence-corrected chi connectivity index (χ2v) is 3.51. The van der Waals surface area contributed by atoms with Gasteiger partial charge in [-0.05, 0) is 37.6 Å². The lowest BCUT2D eigenvalue weighted by Crippen LogP contribution is -2.29. The van der Waals surface area contributed by atoms with Crippen LogP contribution in [0.1, 0.15) is 39.5 Å². The minimum absolute atomic E-state index is 0.374. The molecular formula is C10H23NO. The maximum Gasteiger partial charge on any atom is 0.0462 e. The summed E-state index contributed by atoms with van der Waals surface area (Å²) in [5.74, 6) is 0. The smallest absolute Gasteiger partial charge is 0.0462 e. The van der Waals surface area contributed by atoms with Crippen LogP contribution in [0.25, 0.3) is 0 Å². The molecule has 0 aliphatic carbocycles. The summed E-state index contributed by atoms with van der Waals surface area (Å²) in [4.78, 5) is 0. The van der Waals surface area contributed by atoms with Gasteiger partial charge in [0.1, 0.15) is 0 Å². The molecule has 0 saturated heterocycles. The fraction of sp³-hybridized carbons (Fsp3) is 1.00. The SMILES string of the molecule is CCC(CC)(CN)CCCOC. The van der Waals surface area contributed by atoms with Gasteiger partial charge >= 0.3 is 0 Å². The Balaban J connectivity index is 3.76. The quantitative estimate of drug-likeness (QED) is 0.599. The number of rotatable bonds is 7. The van der Waals surface area contributed by atoms with Crippen molar-refractivity contribution >= 4 is 0 Å². The van der Waals surface area contributed by atoms with Gasteiger partial charge in [0.05, 0.1) is 0 Å². The number of hydrogen-bond acceptors (Lipinski definition) is 2. The van der Waals surface area contributed by atoms with E-state index in [4.69, 9.17) is 10.5 Å². The Morgan fingerprint density at radius 3 is 2.17 bits per heavy atom. The van der Waals surface area contributed by atoms with Crippen LogP contribution >= 0.6 is 0 Å². The van der Waals surface area contributed by atoms with Crippen LogP contribution in [0.2, 0.25) is 0 Å². The normalized spacial score (nSPS) is 12.0. The zero-order chi connectivity index (χ0) is 9.45. The van der Waals surface area contributed by atoms with Gasteiger partial charge in [-0.25, -0.2) is 0 Å². The monoisotopic (exact) mass is 173 g/mol. The highest BCUT2D eigenvalue weighted by molar-refractivity contribution is 4.77. The van der Waals surface area contributed by atoms with Gasteiger partial charge in [0.15, 0.2) is 0 Å². The fourth-order valence-corrected chi connectivity index (χ4v) is 1.59. The summed E-state index contributed by atoms with van der Waals surface area (Å²) in [5, 5.41) is 0. The van der Waals surface area contributed by atoms with Crippen LogP contribution in [0.15, 0.2) is 0 Å². The van der Waals surface area contributed by atoms with Crippen LogP contribution in [-0.4, -0.2) is 20.3 Å². The van der Waals surface area contributed by atoms with Crippen LogP contribution < -0.4 is 5.73 Å². The van der Waals surface area contributed by atoms with Crippen LogP contribution in [-0.2, 0) is 4.74 Å². The van der Waals surface area contributed by atoms with Crippen molar-refractivity contribution in [3.05, 3.63) is 0 Å². The molecule has 0 aromatic rings. The zero-order valence-electron chi connectivity index (χ0n) is 8.73. The van der Waals surface area contributed by atoms with E-state index < -0.39 is 0 Å². The van der Waals surface area contributed by atoms with E-state index in [-0.39, 0.29) is 0 Å². The molecule has 0 radical (unpaired) electrons. The minimum atomic E-state index is 0.374. The Kier molecular flexibility index (Phi) is 6.39. The van der Waals surface area contributed by atoms with E-state index in [1.165, 1.54) is 19.3 Å². The average molecular weight is 173 g/mol. The molecule has 0 rings (SSSR count). The van der Waals surface area contributed by atoms with Gasteiger partial charge < -0.3 is 10.5 Å². The number of nitrogens with two attached hydrogens (primary N) is 1. The molecule has 0 amide bonds. The molecule has 0 aromatic heterocycles. The van der Waals surface area contributed by atoms with E-state index >= 15 is 0 Å². The first-order valence-corrected chi connectivity index (χ1v) is 4.93. The van der Waals surface area contributed by atoms with Crippen molar-refractivity contribution < 1.29 is 4.74 Å². The van der Waals surface area contributed by atoms with Crippen molar-refractivity contribution in [3.8, 4) is 0 Å². The van der Waals surface area contributed by atoms with Gasteiger partial charge in [0, 0.05) is 13.7 Å². The van der Waals surface area contributed by atoms with Crippen molar-refractivity contribution in [2.45, 2.75) is 39.5 Å². The summed E-state index contributed by atoms with van der Waals surface area (Å²) in [6, 6.07) is 0. The van der Waals surface area contributed by atoms with Gasteiger partial charge in [-0.2, -0.15) is 0 Å². The molecule has 12 heavy (non-hydrogen) atoms. The summed E-state index contributed by atoms with van der Waals surface area (Å²) < 4.78 is 5.03. The Labute approximate surface area is 76.5 Å². The molecule has 2 heteroatoms. The maximum absolute atomic E-state index is 5.77. The highest BCUT2D eigenvalue weighted by atomic mass is 16.5. The molecule has 2 nitrogen and oxygen atoms in total. The lowest BCUT2D eigenvalue weighted by Gasteiger charge is -2.29. The molecule has 0 aromatic carbocycles. The van der Waals surface area contributed by atoms with Gasteiger partial charge in [0.25, 0.3) is 0 Å². The van der Waals surface area contributed by atoms with E-state index in [1.807, 2.05) is 0 Å². The van der Waals surface area contributed by atoms with Gasteiger partial charge in [-0.15, -0.1) is 0 Å². The fourth-order valence-electron chi connectivity index (χ4n) is 1.59. The Morgan fingerprint density at radius 2 is 1.83 bits per heavy atom. The summed E-state index contributed by atoms with van der Waals surface area (Å²) in [6.45, 7) is 6.12. The molecule has 0 atom stereocenters. The van der Waals surface area contributed by atoms with Crippen LogP contribution in [0, 0.1) is 5.41 Å². The van der Waals surface area contributed by atoms with Gasteiger partial charge in [-0.3, -0.25) is 0 Å². The van der Waals surface area contributed by atoms with Crippen LogP contribution in [0.3, 0.4) is 0 Å². The first-order valence-electron chi connectivity index (χ1n) is 4.93. The molecule has 0 saturated carbocycles. The van der Waals surface area contributed by atoms with Gasteiger partial charge in [0.2, 0.25) is 0 Å². The highest BCUT2D eigenvalue weighted by Crippen LogP contribution is 2.30. The molecule has 0 heterocycles. The zero-order valence-corrected chi connectivity index (χ0v) is 8.73. The van der Waals surface area contributed by atoms with Crippen LogP contribution in [0.4, 0.5) is 0 Å². The lowest BCUT2D eigenvalue weighted by molar-refractivity contribution is 0.162. The number of ether oxygens (including phenoxy) is 1. The largest absolute Gasteiger partial charge is 0.385 e. The van der Waals surface area contributed by atoms with Crippen molar-refractivity contribution in [2.24, 2.45) is 11.1 Å². The summed E-state index contributed by atoms with van der Waals surface area (Å²) in [5.41, 5.74) is 6.14. The van der Waals surface area contributed by atoms with E-state index in [0.717, 1.165) is 19.6 Å². The maximum atomic E-state index is 5.77. The van der Waals surface area contributed by atoms with Crippen LogP contribution in [0.5, 0.6) is 0 Å². The third-order valence-electron chi connectivity index (χ3n) is 2.99. The number of hydrogen-bond donors (Lipinski definition) is 1. The lowest BCUT2D eigenvalue weighted by atomic mass is 9.78. The first-order chi connectivity index (χ1) is 5.74. The van der Waals surface area contributed by atoms with Gasteiger partial charge in [-0.1, -0.05) is 13.8 Å². The Morgan fingerprint density at radius 1 is 1.25 bits per heavy atom. The standard InChI is InChI=1S/C10H23NO/c1-4-10(5-2,9-11)7-6-8-12-3/h4-9,11H2,1-3H3. The molecule has 0 fully saturated rings. The summed E-state index contributed by atoms with van der Waals surface area (Å²) in [7, 11) is 1.75. The molecule has 2 N–H and O–H groups in total. The molecule has 74 valence electrons. The van der Waals surface area contributed by atoms with E-state index in [1.54, 1.807) is 7.11 Å². The summed E-state index contributed by atoms with van der Waals surface area (Å²) in [6.07, 6.45) is 4.70. The van der Waals surface area contributed by atoms with E-state index in [2.05, 4.69) is 13.8 Å². The molecule has 0 spiro atoms. The van der Waals surface area contributed by atoms with E-state index in [9.17, 15) is 0 Å². The Hall–Kier alpha value is -0.0800. The topological polar surface area (TPSA) is 35.2 Å². The number of methoxy groups -OCH3 is 1. The minimum Gasteiger partial charge on any atom is -0.385 e. The first kappa shape index (κ1) is 11.9. The van der Waals surface area contributed by atoms with E-state index in [0.29, 0.717) is 5.41 Å². The second kappa shape index (κ2) is 6.44. The van der Waals surface area contributed by atoms with Crippen molar-refractivity contribution in [2.75, 3.05) is 20.3 Å². The second-order valence-electron chi connectivity index (χ2n) is 3.51. The predicted octanol–water partition coefficient (Wildman–Crippen LogP) is 2.18. The summed E-state index contributed by atoms with van der Waals surface area (Å²) >= 11 is 0. The molecular weight excluding hydrogens is 150 g/mol. The molecule has 0 aliphatic rings. The molecule has 0 bridgehead atoms.